The van der Waals surface area contributed by atoms with Crippen molar-refractivity contribution in [3.8, 4) is 11.3 Å². The molecule has 4 rings (SSSR count). The molecule has 0 aromatic carbocycles. The molecule has 3 aromatic heterocycles. The number of nitrogens with one attached hydrogen (secondary N) is 1. The Balaban J connectivity index is 1.70. The molecule has 0 unspecified atom stereocenters. The summed E-state index contributed by atoms with van der Waals surface area (Å²) < 4.78 is 1.03. The van der Waals surface area contributed by atoms with Gasteiger partial charge < -0.3 is 45.8 Å². The minimum absolute atomic E-state index is 0.464. The maximum atomic E-state index is 10.0. The molecular formula is C15H17N5O8. The quantitative estimate of drug-likeness (QED) is 0.195. The number of aromatic amines is 1. The van der Waals surface area contributed by atoms with E-state index in [9.17, 15) is 40.9 Å². The molecule has 1 fully saturated rings. The number of aromatic nitrogens is 5. The van der Waals surface area contributed by atoms with Crippen LogP contribution >= 0.6 is 0 Å². The summed E-state index contributed by atoms with van der Waals surface area (Å²) in [5.41, 5.74) is 1.52. The van der Waals surface area contributed by atoms with E-state index in [1.165, 1.54) is 18.7 Å². The van der Waals surface area contributed by atoms with Gasteiger partial charge in [0.1, 0.15) is 12.0 Å². The van der Waals surface area contributed by atoms with Gasteiger partial charge in [-0.05, 0) is 6.07 Å². The zero-order valence-electron chi connectivity index (χ0n) is 14.0. The summed E-state index contributed by atoms with van der Waals surface area (Å²) in [4.78, 5) is 11.1. The predicted octanol–water partition coefficient (Wildman–Crippen LogP) is -3.83. The summed E-state index contributed by atoms with van der Waals surface area (Å²) in [6, 6.07) is 1.73. The van der Waals surface area contributed by atoms with Crippen LogP contribution in [0.5, 0.6) is 0 Å². The van der Waals surface area contributed by atoms with E-state index in [1.807, 2.05) is 0 Å². The molecule has 0 bridgehead atoms. The van der Waals surface area contributed by atoms with E-state index < -0.39 is 35.6 Å². The first-order valence-corrected chi connectivity index (χ1v) is 8.01. The van der Waals surface area contributed by atoms with Crippen molar-refractivity contribution < 1.29 is 40.9 Å². The summed E-state index contributed by atoms with van der Waals surface area (Å²) in [6.45, 7) is -0.729. The Morgan fingerprint density at radius 3 is 2.25 bits per heavy atom. The van der Waals surface area contributed by atoms with Gasteiger partial charge in [-0.1, -0.05) is 0 Å². The van der Waals surface area contributed by atoms with E-state index in [0.29, 0.717) is 22.3 Å². The lowest BCUT2D eigenvalue weighted by molar-refractivity contribution is -0.452. The Morgan fingerprint density at radius 2 is 1.61 bits per heavy atom. The molecule has 0 atom stereocenters. The number of rotatable bonds is 3. The second-order valence-electron chi connectivity index (χ2n) is 6.76. The van der Waals surface area contributed by atoms with Gasteiger partial charge in [-0.2, -0.15) is 5.10 Å². The Morgan fingerprint density at radius 1 is 0.964 bits per heavy atom. The number of nitrogens with zero attached hydrogens (tertiary/aromatic N) is 4. The maximum Gasteiger partial charge on any atom is 0.280 e. The molecule has 0 saturated heterocycles. The molecule has 3 aromatic rings. The van der Waals surface area contributed by atoms with Crippen molar-refractivity contribution in [1.82, 2.24) is 24.7 Å². The highest BCUT2D eigenvalue weighted by atomic mass is 16.7. The SMILES string of the molecule is OC1(O)C(Cn2cc(-c3ncnc4[nH]ccc34)cn2)C(O)(O)C(O)(O)C1(O)O. The van der Waals surface area contributed by atoms with Crippen LogP contribution in [0.25, 0.3) is 22.3 Å². The Kier molecular flexibility index (Phi) is 3.72. The van der Waals surface area contributed by atoms with Crippen molar-refractivity contribution in [2.24, 2.45) is 5.92 Å². The van der Waals surface area contributed by atoms with E-state index in [2.05, 4.69) is 20.1 Å². The molecule has 0 radical (unpaired) electrons. The smallest absolute Gasteiger partial charge is 0.280 e. The van der Waals surface area contributed by atoms with Crippen LogP contribution < -0.4 is 0 Å². The van der Waals surface area contributed by atoms with E-state index in [4.69, 9.17) is 0 Å². The highest BCUT2D eigenvalue weighted by molar-refractivity contribution is 5.89. The van der Waals surface area contributed by atoms with Crippen molar-refractivity contribution in [3.05, 3.63) is 31.0 Å². The first-order chi connectivity index (χ1) is 12.9. The molecule has 1 saturated carbocycles. The fourth-order valence-corrected chi connectivity index (χ4v) is 3.41. The molecule has 1 aliphatic carbocycles. The summed E-state index contributed by atoms with van der Waals surface area (Å²) in [6.07, 6.45) is 5.70. The molecule has 0 spiro atoms. The van der Waals surface area contributed by atoms with Crippen LogP contribution in [0.1, 0.15) is 0 Å². The molecular weight excluding hydrogens is 378 g/mol. The molecule has 9 N–H and O–H groups in total. The number of H-pyrrole nitrogens is 1. The number of hydrogen-bond donors (Lipinski definition) is 9. The monoisotopic (exact) mass is 395 g/mol. The highest BCUT2D eigenvalue weighted by Gasteiger charge is 2.83. The van der Waals surface area contributed by atoms with Crippen LogP contribution in [0.4, 0.5) is 0 Å². The molecule has 13 nitrogen and oxygen atoms in total. The molecule has 150 valence electrons. The lowest BCUT2D eigenvalue weighted by Gasteiger charge is -2.35. The van der Waals surface area contributed by atoms with Crippen molar-refractivity contribution in [3.63, 3.8) is 0 Å². The second kappa shape index (κ2) is 5.53. The molecule has 0 amide bonds. The fourth-order valence-electron chi connectivity index (χ4n) is 3.41. The predicted molar refractivity (Wildman–Crippen MR) is 87.3 cm³/mol. The van der Waals surface area contributed by atoms with Gasteiger partial charge in [0, 0.05) is 23.3 Å². The van der Waals surface area contributed by atoms with Crippen LogP contribution in [0, 0.1) is 5.92 Å². The first kappa shape index (κ1) is 18.9. The molecule has 28 heavy (non-hydrogen) atoms. The molecule has 3 heterocycles. The number of aliphatic hydroxyl groups is 8. The first-order valence-electron chi connectivity index (χ1n) is 8.01. The van der Waals surface area contributed by atoms with E-state index in [1.54, 1.807) is 12.3 Å². The van der Waals surface area contributed by atoms with Gasteiger partial charge in [0.2, 0.25) is 11.6 Å². The third-order valence-electron chi connectivity index (χ3n) is 5.11. The van der Waals surface area contributed by atoms with Gasteiger partial charge in [0.05, 0.1) is 24.4 Å². The standard InChI is InChI=1S/C15H17N5O8/c21-12(22)9(13(23,24)15(27,28)14(12,25)26)5-20-4-7(3-19-20)10-8-1-2-16-11(8)18-6-17-10/h1-4,6,9,21-28H,5H2,(H,16,17,18). The average Bonchev–Trinajstić information content (AvgIpc) is 3.28. The van der Waals surface area contributed by atoms with E-state index in [0.717, 1.165) is 4.68 Å². The zero-order chi connectivity index (χ0) is 20.5. The second-order valence-corrected chi connectivity index (χ2v) is 6.76. The minimum atomic E-state index is -4.06. The Labute approximate surface area is 155 Å². The summed E-state index contributed by atoms with van der Waals surface area (Å²) >= 11 is 0. The zero-order valence-corrected chi connectivity index (χ0v) is 14.0. The van der Waals surface area contributed by atoms with E-state index in [-0.39, 0.29) is 0 Å². The van der Waals surface area contributed by atoms with Crippen LogP contribution in [0.15, 0.2) is 31.0 Å². The van der Waals surface area contributed by atoms with Crippen molar-refractivity contribution in [2.45, 2.75) is 29.7 Å². The van der Waals surface area contributed by atoms with Crippen LogP contribution in [0.2, 0.25) is 0 Å². The van der Waals surface area contributed by atoms with Gasteiger partial charge >= 0.3 is 0 Å². The lowest BCUT2D eigenvalue weighted by Crippen LogP contribution is -2.66. The van der Waals surface area contributed by atoms with Crippen molar-refractivity contribution >= 4 is 11.0 Å². The molecule has 1 aliphatic rings. The van der Waals surface area contributed by atoms with Gasteiger partial charge in [0.25, 0.3) is 11.6 Å². The van der Waals surface area contributed by atoms with E-state index >= 15 is 0 Å². The van der Waals surface area contributed by atoms with Crippen molar-refractivity contribution in [2.75, 3.05) is 0 Å². The third-order valence-corrected chi connectivity index (χ3v) is 5.11. The average molecular weight is 395 g/mol. The Hall–Kier alpha value is -2.49. The molecule has 13 heteroatoms. The minimum Gasteiger partial charge on any atom is -0.361 e. The number of fused-ring (bicyclic) bond motifs is 1. The van der Waals surface area contributed by atoms with Gasteiger partial charge in [0.15, 0.2) is 0 Å². The van der Waals surface area contributed by atoms with Gasteiger partial charge in [-0.3, -0.25) is 4.68 Å². The number of hydrogen-bond acceptors (Lipinski definition) is 11. The maximum absolute atomic E-state index is 10.0. The fraction of sp³-hybridized carbons (Fsp3) is 0.400. The Bertz CT molecular complexity index is 1010. The summed E-state index contributed by atoms with van der Waals surface area (Å²) in [5, 5.41) is 83.4. The largest absolute Gasteiger partial charge is 0.361 e. The van der Waals surface area contributed by atoms with Gasteiger partial charge in [-0.25, -0.2) is 9.97 Å². The molecule has 0 aliphatic heterocycles. The summed E-state index contributed by atoms with van der Waals surface area (Å²) in [5.74, 6) is -17.8. The van der Waals surface area contributed by atoms with Crippen LogP contribution in [-0.4, -0.2) is 88.7 Å². The lowest BCUT2D eigenvalue weighted by atomic mass is 9.96. The normalized spacial score (nSPS) is 22.7. The van der Waals surface area contributed by atoms with Crippen molar-refractivity contribution in [1.29, 1.82) is 0 Å². The van der Waals surface area contributed by atoms with Gasteiger partial charge in [-0.15, -0.1) is 0 Å². The van der Waals surface area contributed by atoms with Crippen LogP contribution in [0.3, 0.4) is 0 Å². The highest BCUT2D eigenvalue weighted by Crippen LogP contribution is 2.51. The third kappa shape index (κ3) is 2.20. The van der Waals surface area contributed by atoms with Crippen LogP contribution in [-0.2, 0) is 6.54 Å². The summed E-state index contributed by atoms with van der Waals surface area (Å²) in [7, 11) is 0. The topological polar surface area (TPSA) is 221 Å².